The van der Waals surface area contributed by atoms with Crippen molar-refractivity contribution in [2.45, 2.75) is 26.9 Å². The number of nitrogens with one attached hydrogen (secondary N) is 1. The van der Waals surface area contributed by atoms with Crippen LogP contribution in [0, 0.1) is 0 Å². The highest BCUT2D eigenvalue weighted by molar-refractivity contribution is 5.50. The maximum Gasteiger partial charge on any atom is 0.343 e. The third-order valence-electron chi connectivity index (χ3n) is 3.09. The van der Waals surface area contributed by atoms with Gasteiger partial charge in [-0.3, -0.25) is 9.48 Å². The van der Waals surface area contributed by atoms with Gasteiger partial charge in [-0.25, -0.2) is 9.25 Å². The number of anilines is 1. The minimum Gasteiger partial charge on any atom is -0.378 e. The van der Waals surface area contributed by atoms with Crippen LogP contribution >= 0.6 is 0 Å². The van der Waals surface area contributed by atoms with Gasteiger partial charge in [0.2, 0.25) is 12.0 Å². The second-order valence-electron chi connectivity index (χ2n) is 4.45. The van der Waals surface area contributed by atoms with Crippen LogP contribution in [-0.4, -0.2) is 9.36 Å². The van der Waals surface area contributed by atoms with E-state index in [-0.39, 0.29) is 5.56 Å². The van der Waals surface area contributed by atoms with E-state index in [4.69, 9.17) is 5.73 Å². The van der Waals surface area contributed by atoms with Gasteiger partial charge in [0.25, 0.3) is 0 Å². The van der Waals surface area contributed by atoms with Crippen molar-refractivity contribution in [3.05, 3.63) is 34.9 Å². The molecule has 0 bridgehead atoms. The van der Waals surface area contributed by atoms with E-state index in [9.17, 15) is 4.79 Å². The molecule has 2 aromatic rings. The fourth-order valence-electron chi connectivity index (χ4n) is 2.13. The van der Waals surface area contributed by atoms with Crippen LogP contribution in [0.2, 0.25) is 0 Å². The fraction of sp³-hybridized carbons (Fsp3) is 0.385. The first-order valence-corrected chi connectivity index (χ1v) is 6.59. The number of hydrogen-bond donors (Lipinski definition) is 2. The van der Waals surface area contributed by atoms with Crippen LogP contribution in [0.15, 0.2) is 34.4 Å². The van der Waals surface area contributed by atoms with Gasteiger partial charge in [0.15, 0.2) is 11.9 Å². The molecule has 3 N–H and O–H groups in total. The average Bonchev–Trinajstić information content (AvgIpc) is 2.67. The zero-order valence-electron chi connectivity index (χ0n) is 12.0. The van der Waals surface area contributed by atoms with Crippen LogP contribution in [0.1, 0.15) is 13.8 Å². The normalized spacial score (nSPS) is 11.3. The second-order valence-corrected chi connectivity index (χ2v) is 4.45. The van der Waals surface area contributed by atoms with Gasteiger partial charge in [0, 0.05) is 24.3 Å². The van der Waals surface area contributed by atoms with Crippen LogP contribution in [-0.2, 0) is 20.1 Å². The lowest BCUT2D eigenvalue weighted by molar-refractivity contribution is -0.671. The zero-order chi connectivity index (χ0) is 14.7. The van der Waals surface area contributed by atoms with Crippen LogP contribution in [0.4, 0.5) is 17.2 Å². The molecule has 0 spiro atoms. The van der Waals surface area contributed by atoms with Crippen molar-refractivity contribution in [2.24, 2.45) is 12.2 Å². The molecule has 0 aliphatic rings. The predicted octanol–water partition coefficient (Wildman–Crippen LogP) is -0.408. The van der Waals surface area contributed by atoms with Crippen LogP contribution in [0.3, 0.4) is 0 Å². The molecule has 0 unspecified atom stereocenters. The number of rotatable bonds is 4. The predicted molar refractivity (Wildman–Crippen MR) is 74.8 cm³/mol. The smallest absolute Gasteiger partial charge is 0.343 e. The Labute approximate surface area is 117 Å². The van der Waals surface area contributed by atoms with Crippen molar-refractivity contribution < 1.29 is 9.68 Å². The Balaban J connectivity index is 2.44. The Morgan fingerprint density at radius 1 is 1.35 bits per heavy atom. The summed E-state index contributed by atoms with van der Waals surface area (Å²) in [7, 11) is 1.91. The monoisotopic (exact) mass is 276 g/mol. The Hall–Kier alpha value is -2.44. The second kappa shape index (κ2) is 5.68. The molecule has 0 amide bonds. The van der Waals surface area contributed by atoms with Crippen LogP contribution in [0.5, 0.6) is 0 Å². The number of azo groups is 1. The van der Waals surface area contributed by atoms with Gasteiger partial charge in [-0.2, -0.15) is 0 Å². The first kappa shape index (κ1) is 14.0. The number of nitrogens with zero attached hydrogens (tertiary/aromatic N) is 4. The molecule has 0 fully saturated rings. The standard InChI is InChI=1S/C13H18N6O/c1-4-18-12(14)11(13(20)19(18)5-2)16-15-10-7-6-8-17(3)9-10/h6-9H,4-5H2,1-3H3,(H-,14,15,20)/p+2. The van der Waals surface area contributed by atoms with E-state index in [1.54, 1.807) is 9.36 Å². The maximum atomic E-state index is 12.2. The molecule has 0 saturated carbocycles. The molecule has 0 aromatic carbocycles. The third-order valence-corrected chi connectivity index (χ3v) is 3.09. The summed E-state index contributed by atoms with van der Waals surface area (Å²) in [4.78, 5) is 12.2. The quantitative estimate of drug-likeness (QED) is 0.588. The maximum absolute atomic E-state index is 12.2. The zero-order valence-corrected chi connectivity index (χ0v) is 12.0. The summed E-state index contributed by atoms with van der Waals surface area (Å²) in [5.41, 5.74) is 6.89. The van der Waals surface area contributed by atoms with Crippen molar-refractivity contribution in [1.82, 2.24) is 9.36 Å². The van der Waals surface area contributed by atoms with Crippen molar-refractivity contribution in [3.63, 3.8) is 0 Å². The molecule has 0 radical (unpaired) electrons. The lowest BCUT2D eigenvalue weighted by Gasteiger charge is -2.06. The van der Waals surface area contributed by atoms with Gasteiger partial charge >= 0.3 is 11.2 Å². The van der Waals surface area contributed by atoms with Gasteiger partial charge in [-0.05, 0) is 19.9 Å². The number of aromatic nitrogens is 3. The summed E-state index contributed by atoms with van der Waals surface area (Å²) in [5.74, 6) is 0.406. The van der Waals surface area contributed by atoms with E-state index in [1.807, 2.05) is 50.0 Å². The van der Waals surface area contributed by atoms with E-state index in [0.29, 0.717) is 24.6 Å². The molecule has 0 aliphatic heterocycles. The van der Waals surface area contributed by atoms with Gasteiger partial charge in [0.05, 0.1) is 0 Å². The van der Waals surface area contributed by atoms with Crippen molar-refractivity contribution >= 4 is 17.2 Å². The highest BCUT2D eigenvalue weighted by Crippen LogP contribution is 2.10. The molecule has 2 rings (SSSR count). The van der Waals surface area contributed by atoms with E-state index in [2.05, 4.69) is 10.2 Å². The molecule has 2 heterocycles. The Bertz CT molecular complexity index is 697. The fourth-order valence-corrected chi connectivity index (χ4v) is 2.13. The summed E-state index contributed by atoms with van der Waals surface area (Å²) in [6, 6.07) is 3.73. The molecular weight excluding hydrogens is 256 g/mol. The van der Waals surface area contributed by atoms with Crippen molar-refractivity contribution in [1.29, 1.82) is 0 Å². The Morgan fingerprint density at radius 3 is 2.60 bits per heavy atom. The SMILES string of the molecule is CCn1c(N)c([NH+]=Nc2ccc[n+](C)c2)c(=O)n1CC. The summed E-state index contributed by atoms with van der Waals surface area (Å²) >= 11 is 0. The molecular formula is C13H20N6O+2. The number of nitrogens with two attached hydrogens (primary N) is 1. The van der Waals surface area contributed by atoms with E-state index >= 15 is 0 Å². The van der Waals surface area contributed by atoms with Crippen LogP contribution < -0.4 is 21.0 Å². The number of aryl methyl sites for hydroxylation is 1. The first-order chi connectivity index (χ1) is 9.58. The number of hydrogen-bond acceptors (Lipinski definition) is 3. The lowest BCUT2D eigenvalue weighted by atomic mass is 10.4. The minimum atomic E-state index is -0.157. The Kier molecular flexibility index (Phi) is 3.97. The van der Waals surface area contributed by atoms with Gasteiger partial charge in [-0.1, -0.05) is 5.11 Å². The largest absolute Gasteiger partial charge is 0.378 e. The molecule has 106 valence electrons. The lowest BCUT2D eigenvalue weighted by Crippen LogP contribution is -2.60. The molecule has 0 saturated heterocycles. The summed E-state index contributed by atoms with van der Waals surface area (Å²) < 4.78 is 5.22. The van der Waals surface area contributed by atoms with Crippen molar-refractivity contribution in [3.8, 4) is 0 Å². The topological polar surface area (TPSA) is 83.2 Å². The van der Waals surface area contributed by atoms with E-state index in [1.165, 1.54) is 0 Å². The van der Waals surface area contributed by atoms with E-state index < -0.39 is 0 Å². The van der Waals surface area contributed by atoms with Crippen LogP contribution in [0.25, 0.3) is 0 Å². The number of nitrogen functional groups attached to an aromatic ring is 1. The van der Waals surface area contributed by atoms with Crippen molar-refractivity contribution in [2.75, 3.05) is 5.73 Å². The summed E-state index contributed by atoms with van der Waals surface area (Å²) in [5, 5.41) is 6.99. The van der Waals surface area contributed by atoms with Gasteiger partial charge in [0.1, 0.15) is 7.05 Å². The third kappa shape index (κ3) is 2.47. The summed E-state index contributed by atoms with van der Waals surface area (Å²) in [6.45, 7) is 5.06. The summed E-state index contributed by atoms with van der Waals surface area (Å²) in [6.07, 6.45) is 3.75. The molecule has 0 atom stereocenters. The molecule has 2 aromatic heterocycles. The highest BCUT2D eigenvalue weighted by atomic mass is 16.1. The van der Waals surface area contributed by atoms with Gasteiger partial charge in [-0.15, -0.1) is 0 Å². The molecule has 7 nitrogen and oxygen atoms in total. The Morgan fingerprint density at radius 2 is 2.05 bits per heavy atom. The molecule has 0 aliphatic carbocycles. The molecule has 7 heteroatoms. The molecule has 20 heavy (non-hydrogen) atoms. The first-order valence-electron chi connectivity index (χ1n) is 6.59. The average molecular weight is 276 g/mol. The van der Waals surface area contributed by atoms with E-state index in [0.717, 1.165) is 5.69 Å². The highest BCUT2D eigenvalue weighted by Gasteiger charge is 2.21. The van der Waals surface area contributed by atoms with Gasteiger partial charge < -0.3 is 5.73 Å². The minimum absolute atomic E-state index is 0.157. The number of pyridine rings is 1.